The van der Waals surface area contributed by atoms with Crippen LogP contribution >= 0.6 is 23.2 Å². The molecule has 2 atom stereocenters. The van der Waals surface area contributed by atoms with E-state index in [-0.39, 0.29) is 18.0 Å². The van der Waals surface area contributed by atoms with Gasteiger partial charge >= 0.3 is 0 Å². The topological polar surface area (TPSA) is 32.3 Å². The first kappa shape index (κ1) is 18.3. The van der Waals surface area contributed by atoms with Crippen molar-refractivity contribution in [3.05, 3.63) is 33.8 Å². The second kappa shape index (κ2) is 8.02. The highest BCUT2D eigenvalue weighted by molar-refractivity contribution is 6.42. The van der Waals surface area contributed by atoms with Gasteiger partial charge in [0.1, 0.15) is 0 Å². The van der Waals surface area contributed by atoms with Crippen LogP contribution in [0.1, 0.15) is 38.8 Å². The van der Waals surface area contributed by atoms with E-state index in [1.165, 1.54) is 0 Å². The first-order valence-electron chi connectivity index (χ1n) is 7.15. The zero-order chi connectivity index (χ0) is 16.2. The Morgan fingerprint density at radius 1 is 1.24 bits per heavy atom. The molecule has 0 aromatic heterocycles. The SMILES string of the molecule is CC(C)CC(NC(C)c1cccc(Cl)c1Cl)C(=O)N(C)C. The van der Waals surface area contributed by atoms with Crippen LogP contribution in [0, 0.1) is 5.92 Å². The normalized spacial score (nSPS) is 14.1. The van der Waals surface area contributed by atoms with Gasteiger partial charge in [-0.3, -0.25) is 10.1 Å². The summed E-state index contributed by atoms with van der Waals surface area (Å²) < 4.78 is 0. The van der Waals surface area contributed by atoms with E-state index in [9.17, 15) is 4.79 Å². The molecule has 0 spiro atoms. The molecule has 0 aliphatic rings. The van der Waals surface area contributed by atoms with Crippen molar-refractivity contribution in [1.82, 2.24) is 10.2 Å². The van der Waals surface area contributed by atoms with Gasteiger partial charge < -0.3 is 4.90 Å². The number of nitrogens with one attached hydrogen (secondary N) is 1. The van der Waals surface area contributed by atoms with Gasteiger partial charge in [-0.05, 0) is 30.9 Å². The molecule has 0 saturated carbocycles. The highest BCUT2D eigenvalue weighted by Gasteiger charge is 2.24. The number of amides is 1. The van der Waals surface area contributed by atoms with Gasteiger partial charge in [0.15, 0.2) is 0 Å². The molecule has 5 heteroatoms. The van der Waals surface area contributed by atoms with E-state index in [0.29, 0.717) is 16.0 Å². The van der Waals surface area contributed by atoms with Crippen LogP contribution < -0.4 is 5.32 Å². The zero-order valence-corrected chi connectivity index (χ0v) is 14.8. The zero-order valence-electron chi connectivity index (χ0n) is 13.3. The van der Waals surface area contributed by atoms with Gasteiger partial charge in [0.05, 0.1) is 16.1 Å². The van der Waals surface area contributed by atoms with Gasteiger partial charge in [-0.25, -0.2) is 0 Å². The number of likely N-dealkylation sites (N-methyl/N-ethyl adjacent to an activating group) is 1. The third-order valence-electron chi connectivity index (χ3n) is 3.35. The quantitative estimate of drug-likeness (QED) is 0.849. The third-order valence-corrected chi connectivity index (χ3v) is 4.18. The minimum Gasteiger partial charge on any atom is -0.347 e. The third kappa shape index (κ3) is 5.17. The van der Waals surface area contributed by atoms with Crippen LogP contribution in [-0.2, 0) is 4.79 Å². The van der Waals surface area contributed by atoms with Crippen LogP contribution in [0.2, 0.25) is 10.0 Å². The average molecular weight is 331 g/mol. The van der Waals surface area contributed by atoms with Crippen LogP contribution in [-0.4, -0.2) is 30.9 Å². The summed E-state index contributed by atoms with van der Waals surface area (Å²) in [4.78, 5) is 13.9. The maximum absolute atomic E-state index is 12.3. The molecule has 3 nitrogen and oxygen atoms in total. The molecule has 1 rings (SSSR count). The van der Waals surface area contributed by atoms with E-state index in [4.69, 9.17) is 23.2 Å². The molecule has 1 amide bonds. The molecule has 2 unspecified atom stereocenters. The summed E-state index contributed by atoms with van der Waals surface area (Å²) in [6, 6.07) is 5.27. The van der Waals surface area contributed by atoms with E-state index < -0.39 is 0 Å². The van der Waals surface area contributed by atoms with Crippen LogP contribution in [0.15, 0.2) is 18.2 Å². The lowest BCUT2D eigenvalue weighted by atomic mass is 10.00. The van der Waals surface area contributed by atoms with E-state index in [1.807, 2.05) is 19.1 Å². The molecule has 0 aliphatic heterocycles. The summed E-state index contributed by atoms with van der Waals surface area (Å²) >= 11 is 12.3. The van der Waals surface area contributed by atoms with Gasteiger partial charge in [0.25, 0.3) is 0 Å². The molecule has 0 saturated heterocycles. The number of halogens is 2. The highest BCUT2D eigenvalue weighted by Crippen LogP contribution is 2.30. The molecule has 1 aromatic carbocycles. The van der Waals surface area contributed by atoms with Crippen molar-refractivity contribution in [2.45, 2.75) is 39.3 Å². The lowest BCUT2D eigenvalue weighted by Gasteiger charge is -2.27. The number of hydrogen-bond acceptors (Lipinski definition) is 2. The Balaban J connectivity index is 2.92. The molecule has 118 valence electrons. The monoisotopic (exact) mass is 330 g/mol. The molecular formula is C16H24Cl2N2O. The van der Waals surface area contributed by atoms with Crippen molar-refractivity contribution < 1.29 is 4.79 Å². The Bertz CT molecular complexity index is 489. The van der Waals surface area contributed by atoms with Crippen LogP contribution in [0.25, 0.3) is 0 Å². The second-order valence-corrected chi connectivity index (χ2v) is 6.73. The molecule has 1 aromatic rings. The van der Waals surface area contributed by atoms with Crippen LogP contribution in [0.5, 0.6) is 0 Å². The second-order valence-electron chi connectivity index (χ2n) is 5.95. The smallest absolute Gasteiger partial charge is 0.239 e. The van der Waals surface area contributed by atoms with Gasteiger partial charge in [0.2, 0.25) is 5.91 Å². The number of benzene rings is 1. The van der Waals surface area contributed by atoms with Gasteiger partial charge in [-0.1, -0.05) is 49.2 Å². The summed E-state index contributed by atoms with van der Waals surface area (Å²) in [5.41, 5.74) is 0.907. The van der Waals surface area contributed by atoms with Crippen molar-refractivity contribution in [1.29, 1.82) is 0 Å². The Labute approximate surface area is 137 Å². The summed E-state index contributed by atoms with van der Waals surface area (Å²) in [7, 11) is 3.54. The summed E-state index contributed by atoms with van der Waals surface area (Å²) in [5.74, 6) is 0.502. The molecule has 0 fully saturated rings. The predicted octanol–water partition coefficient (Wildman–Crippen LogP) is 4.15. The van der Waals surface area contributed by atoms with Gasteiger partial charge in [0, 0.05) is 20.1 Å². The maximum Gasteiger partial charge on any atom is 0.239 e. The fourth-order valence-corrected chi connectivity index (χ4v) is 2.74. The Morgan fingerprint density at radius 3 is 2.38 bits per heavy atom. The van der Waals surface area contributed by atoms with Crippen molar-refractivity contribution in [2.24, 2.45) is 5.92 Å². The lowest BCUT2D eigenvalue weighted by molar-refractivity contribution is -0.131. The van der Waals surface area contributed by atoms with Gasteiger partial charge in [-0.2, -0.15) is 0 Å². The lowest BCUT2D eigenvalue weighted by Crippen LogP contribution is -2.45. The maximum atomic E-state index is 12.3. The Morgan fingerprint density at radius 2 is 1.86 bits per heavy atom. The summed E-state index contributed by atoms with van der Waals surface area (Å²) in [6.07, 6.45) is 0.777. The van der Waals surface area contributed by atoms with Crippen LogP contribution in [0.4, 0.5) is 0 Å². The number of rotatable bonds is 6. The van der Waals surface area contributed by atoms with Crippen LogP contribution in [0.3, 0.4) is 0 Å². The molecular weight excluding hydrogens is 307 g/mol. The van der Waals surface area contributed by atoms with E-state index in [0.717, 1.165) is 12.0 Å². The number of carbonyl (C=O) groups excluding carboxylic acids is 1. The van der Waals surface area contributed by atoms with Crippen molar-refractivity contribution in [3.63, 3.8) is 0 Å². The Hall–Kier alpha value is -0.770. The molecule has 0 radical (unpaired) electrons. The first-order valence-corrected chi connectivity index (χ1v) is 7.90. The first-order chi connectivity index (χ1) is 9.73. The minimum atomic E-state index is -0.231. The molecule has 1 N–H and O–H groups in total. The highest BCUT2D eigenvalue weighted by atomic mass is 35.5. The molecule has 0 aliphatic carbocycles. The number of nitrogens with zero attached hydrogens (tertiary/aromatic N) is 1. The van der Waals surface area contributed by atoms with Crippen molar-refractivity contribution >= 4 is 29.1 Å². The van der Waals surface area contributed by atoms with Gasteiger partial charge in [-0.15, -0.1) is 0 Å². The summed E-state index contributed by atoms with van der Waals surface area (Å²) in [5, 5.41) is 4.45. The summed E-state index contributed by atoms with van der Waals surface area (Å²) in [6.45, 7) is 6.21. The fraction of sp³-hybridized carbons (Fsp3) is 0.562. The molecule has 21 heavy (non-hydrogen) atoms. The molecule has 0 bridgehead atoms. The van der Waals surface area contributed by atoms with E-state index in [2.05, 4.69) is 19.2 Å². The van der Waals surface area contributed by atoms with Crippen molar-refractivity contribution in [2.75, 3.05) is 14.1 Å². The van der Waals surface area contributed by atoms with E-state index >= 15 is 0 Å². The standard InChI is InChI=1S/C16H24Cl2N2O/c1-10(2)9-14(16(21)20(4)5)19-11(3)12-7-6-8-13(17)15(12)18/h6-8,10-11,14,19H,9H2,1-5H3. The average Bonchev–Trinajstić information content (AvgIpc) is 2.39. The largest absolute Gasteiger partial charge is 0.347 e. The number of hydrogen-bond donors (Lipinski definition) is 1. The predicted molar refractivity (Wildman–Crippen MR) is 89.9 cm³/mol. The minimum absolute atomic E-state index is 0.0520. The Kier molecular flexibility index (Phi) is 6.98. The molecule has 0 heterocycles. The van der Waals surface area contributed by atoms with E-state index in [1.54, 1.807) is 25.1 Å². The van der Waals surface area contributed by atoms with Crippen molar-refractivity contribution in [3.8, 4) is 0 Å². The number of carbonyl (C=O) groups is 1. The fourth-order valence-electron chi connectivity index (χ4n) is 2.27.